The number of nitrogens with zero attached hydrogens (tertiary/aromatic N) is 2. The molecule has 0 bridgehead atoms. The Bertz CT molecular complexity index is 895. The van der Waals surface area contributed by atoms with Crippen molar-refractivity contribution in [2.75, 3.05) is 29.9 Å². The van der Waals surface area contributed by atoms with Crippen molar-refractivity contribution < 1.29 is 19.1 Å². The molecule has 1 aromatic carbocycles. The standard InChI is InChI=1S/C26H36FN3O3/c27-22-16-19(28-24(32)18-4-1-2-5-18)6-11-23(22)29-14-3-12-26(17-29)13-15-30(25(26)33)20-7-9-21(31)10-8-20/h6,11,16,18,20-21,31H,1-5,7-10,12-15,17H2,(H,28,32)/t20-,21-,26?. The van der Waals surface area contributed by atoms with Gasteiger partial charge in [-0.2, -0.15) is 0 Å². The third-order valence-corrected chi connectivity index (χ3v) is 8.51. The highest BCUT2D eigenvalue weighted by Crippen LogP contribution is 2.44. The van der Waals surface area contributed by atoms with Crippen LogP contribution >= 0.6 is 0 Å². The lowest BCUT2D eigenvalue weighted by Crippen LogP contribution is -2.50. The van der Waals surface area contributed by atoms with E-state index in [1.54, 1.807) is 12.1 Å². The first-order valence-corrected chi connectivity index (χ1v) is 12.8. The van der Waals surface area contributed by atoms with Gasteiger partial charge in [0.15, 0.2) is 0 Å². The van der Waals surface area contributed by atoms with Crippen molar-refractivity contribution in [3.63, 3.8) is 0 Å². The molecular weight excluding hydrogens is 421 g/mol. The van der Waals surface area contributed by atoms with E-state index in [-0.39, 0.29) is 35.7 Å². The van der Waals surface area contributed by atoms with Gasteiger partial charge < -0.3 is 20.2 Å². The zero-order chi connectivity index (χ0) is 23.0. The van der Waals surface area contributed by atoms with E-state index in [2.05, 4.69) is 5.32 Å². The van der Waals surface area contributed by atoms with Gasteiger partial charge in [0.05, 0.1) is 17.2 Å². The summed E-state index contributed by atoms with van der Waals surface area (Å²) in [6.45, 7) is 2.04. The summed E-state index contributed by atoms with van der Waals surface area (Å²) in [4.78, 5) is 30.0. The third-order valence-electron chi connectivity index (χ3n) is 8.51. The first-order chi connectivity index (χ1) is 15.9. The molecule has 5 rings (SSSR count). The summed E-state index contributed by atoms with van der Waals surface area (Å²) in [6, 6.07) is 5.18. The van der Waals surface area contributed by atoms with Crippen LogP contribution in [0, 0.1) is 17.2 Å². The van der Waals surface area contributed by atoms with E-state index in [4.69, 9.17) is 0 Å². The smallest absolute Gasteiger partial charge is 0.230 e. The number of piperidine rings is 1. The van der Waals surface area contributed by atoms with Crippen molar-refractivity contribution >= 4 is 23.2 Å². The molecule has 2 aliphatic heterocycles. The number of halogens is 1. The van der Waals surface area contributed by atoms with Gasteiger partial charge in [-0.1, -0.05) is 12.8 Å². The number of hydrogen-bond acceptors (Lipinski definition) is 4. The number of carbonyl (C=O) groups is 2. The summed E-state index contributed by atoms with van der Waals surface area (Å²) in [6.07, 6.45) is 9.57. The SMILES string of the molecule is O=C(Nc1ccc(N2CCCC3(CCN([C@H]4CC[C@H](O)CC4)C3=O)C2)c(F)c1)C1CCCC1. The van der Waals surface area contributed by atoms with Gasteiger partial charge in [-0.05, 0) is 76.0 Å². The Morgan fingerprint density at radius 3 is 2.52 bits per heavy atom. The van der Waals surface area contributed by atoms with Crippen LogP contribution in [0.4, 0.5) is 15.8 Å². The molecule has 2 saturated heterocycles. The number of nitrogens with one attached hydrogen (secondary N) is 1. The van der Waals surface area contributed by atoms with Crippen LogP contribution in [0.2, 0.25) is 0 Å². The number of anilines is 2. The van der Waals surface area contributed by atoms with Gasteiger partial charge in [0, 0.05) is 37.3 Å². The maximum absolute atomic E-state index is 15.1. The maximum Gasteiger partial charge on any atom is 0.230 e. The minimum absolute atomic E-state index is 0.0107. The molecule has 1 aromatic rings. The molecule has 4 aliphatic rings. The van der Waals surface area contributed by atoms with Crippen molar-refractivity contribution in [1.82, 2.24) is 4.90 Å². The Labute approximate surface area is 195 Å². The topological polar surface area (TPSA) is 72.9 Å². The molecule has 2 heterocycles. The number of likely N-dealkylation sites (tertiary alicyclic amines) is 1. The molecular formula is C26H36FN3O3. The molecule has 6 nitrogen and oxygen atoms in total. The first kappa shape index (κ1) is 22.6. The third kappa shape index (κ3) is 4.48. The van der Waals surface area contributed by atoms with Crippen LogP contribution in [-0.4, -0.2) is 53.6 Å². The van der Waals surface area contributed by atoms with Crippen molar-refractivity contribution in [2.45, 2.75) is 82.8 Å². The molecule has 2 N–H and O–H groups in total. The number of aliphatic hydroxyl groups is 1. The lowest BCUT2D eigenvalue weighted by molar-refractivity contribution is -0.139. The molecule has 0 aromatic heterocycles. The number of hydrogen-bond donors (Lipinski definition) is 2. The Hall–Kier alpha value is -2.15. The number of amides is 2. The average Bonchev–Trinajstić information content (AvgIpc) is 3.45. The van der Waals surface area contributed by atoms with Gasteiger partial charge in [0.25, 0.3) is 0 Å². The number of benzene rings is 1. The monoisotopic (exact) mass is 457 g/mol. The van der Waals surface area contributed by atoms with Crippen LogP contribution in [0.1, 0.15) is 70.6 Å². The van der Waals surface area contributed by atoms with E-state index in [1.807, 2.05) is 9.80 Å². The van der Waals surface area contributed by atoms with E-state index in [1.165, 1.54) is 6.07 Å². The van der Waals surface area contributed by atoms with Crippen molar-refractivity contribution in [2.24, 2.45) is 11.3 Å². The zero-order valence-corrected chi connectivity index (χ0v) is 19.4. The van der Waals surface area contributed by atoms with E-state index in [0.29, 0.717) is 17.9 Å². The summed E-state index contributed by atoms with van der Waals surface area (Å²) in [5.41, 5.74) is 0.582. The second-order valence-corrected chi connectivity index (χ2v) is 10.7. The maximum atomic E-state index is 15.1. The minimum atomic E-state index is -0.434. The van der Waals surface area contributed by atoms with Gasteiger partial charge in [0.2, 0.25) is 11.8 Å². The largest absolute Gasteiger partial charge is 0.393 e. The van der Waals surface area contributed by atoms with E-state index in [9.17, 15) is 14.7 Å². The van der Waals surface area contributed by atoms with Gasteiger partial charge in [0.1, 0.15) is 5.82 Å². The highest BCUT2D eigenvalue weighted by molar-refractivity contribution is 5.93. The first-order valence-electron chi connectivity index (χ1n) is 12.8. The summed E-state index contributed by atoms with van der Waals surface area (Å²) in [7, 11) is 0. The molecule has 180 valence electrons. The summed E-state index contributed by atoms with van der Waals surface area (Å²) >= 11 is 0. The van der Waals surface area contributed by atoms with Crippen LogP contribution < -0.4 is 10.2 Å². The molecule has 2 amide bonds. The molecule has 0 radical (unpaired) electrons. The van der Waals surface area contributed by atoms with Crippen molar-refractivity contribution in [3.8, 4) is 0 Å². The Morgan fingerprint density at radius 2 is 1.79 bits per heavy atom. The molecule has 7 heteroatoms. The lowest BCUT2D eigenvalue weighted by Gasteiger charge is -2.41. The fraction of sp³-hybridized carbons (Fsp3) is 0.692. The molecule has 2 saturated carbocycles. The normalized spacial score (nSPS) is 30.9. The van der Waals surface area contributed by atoms with Gasteiger partial charge in [-0.3, -0.25) is 9.59 Å². The second kappa shape index (κ2) is 9.24. The summed E-state index contributed by atoms with van der Waals surface area (Å²) < 4.78 is 15.1. The fourth-order valence-corrected chi connectivity index (χ4v) is 6.56. The molecule has 33 heavy (non-hydrogen) atoms. The van der Waals surface area contributed by atoms with Crippen LogP contribution in [0.3, 0.4) is 0 Å². The van der Waals surface area contributed by atoms with Crippen LogP contribution in [0.5, 0.6) is 0 Å². The Morgan fingerprint density at radius 1 is 1.03 bits per heavy atom. The van der Waals surface area contributed by atoms with E-state index in [0.717, 1.165) is 83.7 Å². The van der Waals surface area contributed by atoms with Crippen LogP contribution in [-0.2, 0) is 9.59 Å². The average molecular weight is 458 g/mol. The van der Waals surface area contributed by atoms with E-state index >= 15 is 4.39 Å². The Balaban J connectivity index is 1.26. The van der Waals surface area contributed by atoms with E-state index < -0.39 is 5.41 Å². The predicted molar refractivity (Wildman–Crippen MR) is 125 cm³/mol. The zero-order valence-electron chi connectivity index (χ0n) is 19.4. The summed E-state index contributed by atoms with van der Waals surface area (Å²) in [5.74, 6) is -0.101. The molecule has 1 spiro atoms. The van der Waals surface area contributed by atoms with Crippen molar-refractivity contribution in [1.29, 1.82) is 0 Å². The molecule has 1 atom stereocenters. The fourth-order valence-electron chi connectivity index (χ4n) is 6.56. The number of rotatable bonds is 4. The number of aliphatic hydroxyl groups excluding tert-OH is 1. The number of carbonyl (C=O) groups excluding carboxylic acids is 2. The highest BCUT2D eigenvalue weighted by atomic mass is 19.1. The molecule has 2 aliphatic carbocycles. The predicted octanol–water partition coefficient (Wildman–Crippen LogP) is 4.08. The van der Waals surface area contributed by atoms with Crippen molar-refractivity contribution in [3.05, 3.63) is 24.0 Å². The van der Waals surface area contributed by atoms with Gasteiger partial charge in [-0.25, -0.2) is 4.39 Å². The van der Waals surface area contributed by atoms with Crippen LogP contribution in [0.25, 0.3) is 0 Å². The summed E-state index contributed by atoms with van der Waals surface area (Å²) in [5, 5.41) is 12.7. The quantitative estimate of drug-likeness (QED) is 0.715. The lowest BCUT2D eigenvalue weighted by atomic mass is 9.78. The van der Waals surface area contributed by atoms with Crippen LogP contribution in [0.15, 0.2) is 18.2 Å². The molecule has 4 fully saturated rings. The second-order valence-electron chi connectivity index (χ2n) is 10.7. The Kier molecular flexibility index (Phi) is 6.34. The highest BCUT2D eigenvalue weighted by Gasteiger charge is 2.50. The van der Waals surface area contributed by atoms with Gasteiger partial charge >= 0.3 is 0 Å². The van der Waals surface area contributed by atoms with Gasteiger partial charge in [-0.15, -0.1) is 0 Å². The molecule has 1 unspecified atom stereocenters. The minimum Gasteiger partial charge on any atom is -0.393 e.